The minimum absolute atomic E-state index is 0.180. The van der Waals surface area contributed by atoms with Gasteiger partial charge >= 0.3 is 11.9 Å². The highest BCUT2D eigenvalue weighted by Gasteiger charge is 2.31. The fraction of sp³-hybridized carbons (Fsp3) is 0.190. The molecule has 0 saturated heterocycles. The van der Waals surface area contributed by atoms with Crippen LogP contribution in [-0.4, -0.2) is 51.8 Å². The Bertz CT molecular complexity index is 1160. The molecule has 0 aliphatic carbocycles. The van der Waals surface area contributed by atoms with Gasteiger partial charge in [-0.3, -0.25) is 4.79 Å². The topological polar surface area (TPSA) is 108 Å². The number of hydrogen-bond acceptors (Lipinski definition) is 9. The molecular weight excluding hydrogens is 412 g/mol. The first kappa shape index (κ1) is 21.1. The minimum atomic E-state index is -0.921. The fourth-order valence-electron chi connectivity index (χ4n) is 3.20. The summed E-state index contributed by atoms with van der Waals surface area (Å²) in [6.45, 7) is 0. The number of carbonyl (C=O) groups excluding carboxylic acids is 3. The van der Waals surface area contributed by atoms with E-state index in [-0.39, 0.29) is 16.5 Å². The molecule has 0 radical (unpaired) electrons. The maximum absolute atomic E-state index is 12.7. The summed E-state index contributed by atoms with van der Waals surface area (Å²) in [4.78, 5) is 36.9. The van der Waals surface area contributed by atoms with Gasteiger partial charge < -0.3 is 24.1 Å². The number of phenolic OH excluding ortho intramolecular Hbond substituents is 1. The molecule has 156 valence electrons. The minimum Gasteiger partial charge on any atom is -0.506 e. The van der Waals surface area contributed by atoms with Gasteiger partial charge in [0, 0.05) is 15.6 Å². The summed E-state index contributed by atoms with van der Waals surface area (Å²) in [6.07, 6.45) is 0.623. The van der Waals surface area contributed by atoms with Gasteiger partial charge in [0.1, 0.15) is 11.3 Å². The molecule has 0 atom stereocenters. The van der Waals surface area contributed by atoms with Gasteiger partial charge in [-0.1, -0.05) is 6.07 Å². The lowest BCUT2D eigenvalue weighted by Crippen LogP contribution is -2.14. The lowest BCUT2D eigenvalue weighted by atomic mass is 9.92. The Labute approximate surface area is 175 Å². The van der Waals surface area contributed by atoms with Crippen molar-refractivity contribution in [2.45, 2.75) is 0 Å². The molecule has 0 aliphatic rings. The Kier molecular flexibility index (Phi) is 5.93. The summed E-state index contributed by atoms with van der Waals surface area (Å²) in [5.74, 6) is -1.39. The SMILES string of the molecule is COC(=O)c1c(C(=O)OC)c(-c2ccc(OC)c(OC)c2)c2sc(C=O)cc2c1O. The van der Waals surface area contributed by atoms with Crippen molar-refractivity contribution in [2.75, 3.05) is 28.4 Å². The van der Waals surface area contributed by atoms with Crippen LogP contribution in [0.25, 0.3) is 21.2 Å². The molecule has 3 rings (SSSR count). The summed E-state index contributed by atoms with van der Waals surface area (Å²) >= 11 is 1.07. The van der Waals surface area contributed by atoms with Crippen molar-refractivity contribution in [3.8, 4) is 28.4 Å². The quantitative estimate of drug-likeness (QED) is 0.466. The van der Waals surface area contributed by atoms with Crippen molar-refractivity contribution in [1.82, 2.24) is 0 Å². The van der Waals surface area contributed by atoms with Crippen LogP contribution < -0.4 is 9.47 Å². The number of methoxy groups -OCH3 is 4. The Morgan fingerprint density at radius 3 is 2.13 bits per heavy atom. The molecule has 1 aromatic heterocycles. The molecule has 0 unspecified atom stereocenters. The molecule has 30 heavy (non-hydrogen) atoms. The van der Waals surface area contributed by atoms with Crippen molar-refractivity contribution >= 4 is 39.6 Å². The van der Waals surface area contributed by atoms with E-state index in [9.17, 15) is 19.5 Å². The molecule has 8 nitrogen and oxygen atoms in total. The lowest BCUT2D eigenvalue weighted by molar-refractivity contribution is 0.0553. The highest BCUT2D eigenvalue weighted by atomic mass is 32.1. The molecule has 9 heteroatoms. The molecule has 1 N–H and O–H groups in total. The first-order chi connectivity index (χ1) is 14.4. The molecule has 0 saturated carbocycles. The van der Waals surface area contributed by atoms with Crippen LogP contribution in [0.2, 0.25) is 0 Å². The van der Waals surface area contributed by atoms with Crippen LogP contribution in [0.15, 0.2) is 24.3 Å². The number of benzene rings is 2. The van der Waals surface area contributed by atoms with Crippen LogP contribution in [0.3, 0.4) is 0 Å². The van der Waals surface area contributed by atoms with E-state index in [0.717, 1.165) is 25.6 Å². The number of thiophene rings is 1. The van der Waals surface area contributed by atoms with E-state index in [0.29, 0.717) is 38.5 Å². The van der Waals surface area contributed by atoms with Crippen molar-refractivity contribution in [2.24, 2.45) is 0 Å². The average molecular weight is 430 g/mol. The van der Waals surface area contributed by atoms with Gasteiger partial charge in [-0.15, -0.1) is 11.3 Å². The number of carbonyl (C=O) groups is 3. The molecule has 0 aliphatic heterocycles. The number of esters is 2. The zero-order valence-electron chi connectivity index (χ0n) is 16.6. The third-order valence-corrected chi connectivity index (χ3v) is 5.62. The zero-order chi connectivity index (χ0) is 22.0. The van der Waals surface area contributed by atoms with E-state index >= 15 is 0 Å². The van der Waals surface area contributed by atoms with E-state index in [2.05, 4.69) is 0 Å². The van der Waals surface area contributed by atoms with E-state index in [1.807, 2.05) is 0 Å². The average Bonchev–Trinajstić information content (AvgIpc) is 3.22. The first-order valence-corrected chi connectivity index (χ1v) is 9.40. The second-order valence-electron chi connectivity index (χ2n) is 6.04. The Morgan fingerprint density at radius 1 is 0.933 bits per heavy atom. The molecule has 0 bridgehead atoms. The van der Waals surface area contributed by atoms with Crippen molar-refractivity contribution < 1.29 is 38.4 Å². The van der Waals surface area contributed by atoms with Crippen LogP contribution in [0, 0.1) is 0 Å². The molecular formula is C21H18O8S. The first-order valence-electron chi connectivity index (χ1n) is 8.58. The second-order valence-corrected chi connectivity index (χ2v) is 7.12. The predicted molar refractivity (Wildman–Crippen MR) is 110 cm³/mol. The van der Waals surface area contributed by atoms with E-state index in [1.165, 1.54) is 20.3 Å². The number of fused-ring (bicyclic) bond motifs is 1. The van der Waals surface area contributed by atoms with Gasteiger partial charge in [0.15, 0.2) is 17.8 Å². The second kappa shape index (κ2) is 8.42. The number of aromatic hydroxyl groups is 1. The van der Waals surface area contributed by atoms with E-state index in [1.54, 1.807) is 18.2 Å². The zero-order valence-corrected chi connectivity index (χ0v) is 17.4. The Balaban J connectivity index is 2.54. The summed E-state index contributed by atoms with van der Waals surface area (Å²) in [6, 6.07) is 6.37. The van der Waals surface area contributed by atoms with Gasteiger partial charge in [-0.05, 0) is 23.8 Å². The summed E-state index contributed by atoms with van der Waals surface area (Å²) in [7, 11) is 5.24. The predicted octanol–water partition coefficient (Wildman–Crippen LogP) is 3.68. The highest BCUT2D eigenvalue weighted by Crippen LogP contribution is 2.46. The molecule has 0 amide bonds. The summed E-state index contributed by atoms with van der Waals surface area (Å²) in [5, 5.41) is 11.0. The van der Waals surface area contributed by atoms with E-state index in [4.69, 9.17) is 18.9 Å². The number of aldehydes is 1. The van der Waals surface area contributed by atoms with Gasteiger partial charge in [0.05, 0.1) is 38.9 Å². The van der Waals surface area contributed by atoms with Crippen LogP contribution in [-0.2, 0) is 9.47 Å². The number of hydrogen-bond donors (Lipinski definition) is 1. The standard InChI is InChI=1S/C21H18O8S/c1-26-13-6-5-10(7-14(13)27-2)15-16(20(24)28-3)17(21(25)29-4)18(23)12-8-11(9-22)30-19(12)15/h5-9,23H,1-4H3. The summed E-state index contributed by atoms with van der Waals surface area (Å²) in [5.41, 5.74) is 0.259. The molecule has 2 aromatic carbocycles. The van der Waals surface area contributed by atoms with Crippen molar-refractivity contribution in [1.29, 1.82) is 0 Å². The number of ether oxygens (including phenoxy) is 4. The molecule has 1 heterocycles. The van der Waals surface area contributed by atoms with Crippen LogP contribution in [0.5, 0.6) is 17.2 Å². The van der Waals surface area contributed by atoms with Crippen LogP contribution >= 0.6 is 11.3 Å². The number of phenols is 1. The van der Waals surface area contributed by atoms with Gasteiger partial charge in [-0.25, -0.2) is 9.59 Å². The van der Waals surface area contributed by atoms with Crippen molar-refractivity contribution in [3.05, 3.63) is 40.3 Å². The normalized spacial score (nSPS) is 10.5. The van der Waals surface area contributed by atoms with Crippen molar-refractivity contribution in [3.63, 3.8) is 0 Å². The third-order valence-electron chi connectivity index (χ3n) is 4.54. The van der Waals surface area contributed by atoms with E-state index < -0.39 is 17.7 Å². The monoisotopic (exact) mass is 430 g/mol. The van der Waals surface area contributed by atoms with Gasteiger partial charge in [-0.2, -0.15) is 0 Å². The van der Waals surface area contributed by atoms with Crippen LogP contribution in [0.1, 0.15) is 30.4 Å². The lowest BCUT2D eigenvalue weighted by Gasteiger charge is -2.17. The van der Waals surface area contributed by atoms with Crippen LogP contribution in [0.4, 0.5) is 0 Å². The maximum atomic E-state index is 12.7. The highest BCUT2D eigenvalue weighted by molar-refractivity contribution is 7.21. The summed E-state index contributed by atoms with van der Waals surface area (Å²) < 4.78 is 20.7. The Morgan fingerprint density at radius 2 is 1.57 bits per heavy atom. The van der Waals surface area contributed by atoms with Gasteiger partial charge in [0.2, 0.25) is 0 Å². The molecule has 0 fully saturated rings. The smallest absolute Gasteiger partial charge is 0.342 e. The maximum Gasteiger partial charge on any atom is 0.342 e. The largest absolute Gasteiger partial charge is 0.506 e. The number of rotatable bonds is 6. The molecule has 3 aromatic rings. The molecule has 0 spiro atoms. The fourth-order valence-corrected chi connectivity index (χ4v) is 4.24. The van der Waals surface area contributed by atoms with Gasteiger partial charge in [0.25, 0.3) is 0 Å². The Hall–Kier alpha value is -3.59. The third kappa shape index (κ3) is 3.33.